The van der Waals surface area contributed by atoms with Crippen LogP contribution in [0.15, 0.2) is 0 Å². The van der Waals surface area contributed by atoms with Crippen molar-refractivity contribution in [3.63, 3.8) is 0 Å². The largest absolute Gasteiger partial charge is 0.481 e. The first-order chi connectivity index (χ1) is 5.68. The number of hydrogen-bond acceptors (Lipinski definition) is 2. The minimum Gasteiger partial charge on any atom is -0.481 e. The summed E-state index contributed by atoms with van der Waals surface area (Å²) >= 11 is 0. The number of carboxylic acids is 1. The Morgan fingerprint density at radius 1 is 1.54 bits per heavy atom. The smallest absolute Gasteiger partial charge is 0.304 e. The summed E-state index contributed by atoms with van der Waals surface area (Å²) in [4.78, 5) is 10.3. The number of nitrogens with one attached hydrogen (secondary N) is 1. The van der Waals surface area contributed by atoms with E-state index in [9.17, 15) is 4.79 Å². The first-order valence-corrected chi connectivity index (χ1v) is 4.66. The van der Waals surface area contributed by atoms with Crippen LogP contribution in [0.25, 0.3) is 0 Å². The second-order valence-electron chi connectivity index (χ2n) is 3.65. The molecule has 0 heterocycles. The molecular weight excluding hydrogens is 177 g/mol. The minimum absolute atomic E-state index is 0. The van der Waals surface area contributed by atoms with Crippen LogP contribution in [0, 0.1) is 0 Å². The van der Waals surface area contributed by atoms with Crippen molar-refractivity contribution in [3.05, 3.63) is 0 Å². The van der Waals surface area contributed by atoms with Crippen molar-refractivity contribution in [2.24, 2.45) is 0 Å². The van der Waals surface area contributed by atoms with Crippen LogP contribution in [-0.4, -0.2) is 52.7 Å². The van der Waals surface area contributed by atoms with Gasteiger partial charge < -0.3 is 10.4 Å². The minimum atomic E-state index is -0.715. The van der Waals surface area contributed by atoms with Gasteiger partial charge in [-0.05, 0) is 19.8 Å². The van der Waals surface area contributed by atoms with Gasteiger partial charge in [0.05, 0.1) is 6.42 Å². The molecule has 0 saturated heterocycles. The van der Waals surface area contributed by atoms with Crippen LogP contribution in [-0.2, 0) is 4.79 Å². The maximum atomic E-state index is 10.3. The summed E-state index contributed by atoms with van der Waals surface area (Å²) < 4.78 is 0. The Balaban J connectivity index is 0.00000144. The summed E-state index contributed by atoms with van der Waals surface area (Å²) in [5.41, 5.74) is 0. The zero-order valence-electron chi connectivity index (χ0n) is 8.55. The zero-order chi connectivity index (χ0) is 8.97. The molecule has 2 N–H and O–H groups in total. The van der Waals surface area contributed by atoms with Gasteiger partial charge in [-0.3, -0.25) is 4.79 Å². The van der Waals surface area contributed by atoms with Crippen molar-refractivity contribution < 1.29 is 9.90 Å². The maximum Gasteiger partial charge on any atom is 0.304 e. The molecule has 1 fully saturated rings. The number of carbonyl (C=O) groups is 1. The molecule has 0 spiro atoms. The molecule has 0 amide bonds. The Hall–Kier alpha value is 0.430. The molecule has 0 aromatic carbocycles. The quantitative estimate of drug-likeness (QED) is 0.656. The van der Waals surface area contributed by atoms with Crippen molar-refractivity contribution in [1.82, 2.24) is 5.32 Å². The van der Waals surface area contributed by atoms with Crippen LogP contribution in [0.2, 0.25) is 0 Å². The van der Waals surface area contributed by atoms with E-state index in [-0.39, 0.29) is 42.0 Å². The predicted molar refractivity (Wildman–Crippen MR) is 52.9 cm³/mol. The molecule has 0 aromatic rings. The fraction of sp³-hybridized carbons (Fsp3) is 0.889. The third-order valence-corrected chi connectivity index (χ3v) is 2.36. The van der Waals surface area contributed by atoms with E-state index < -0.39 is 5.97 Å². The van der Waals surface area contributed by atoms with Gasteiger partial charge in [0.15, 0.2) is 0 Å². The number of carboxylic acid groups (broad SMARTS) is 1. The summed E-state index contributed by atoms with van der Waals surface area (Å²) in [7, 11) is 0. The molecule has 1 rings (SSSR count). The van der Waals surface area contributed by atoms with Crippen LogP contribution in [0.1, 0.15) is 39.0 Å². The van der Waals surface area contributed by atoms with Crippen LogP contribution in [0.5, 0.6) is 0 Å². The maximum absolute atomic E-state index is 10.3. The molecule has 0 aliphatic heterocycles. The molecule has 1 aliphatic rings. The van der Waals surface area contributed by atoms with Gasteiger partial charge in [0.2, 0.25) is 0 Å². The van der Waals surface area contributed by atoms with E-state index in [1.165, 1.54) is 25.7 Å². The van der Waals surface area contributed by atoms with Crippen molar-refractivity contribution in [2.45, 2.75) is 51.1 Å². The summed E-state index contributed by atoms with van der Waals surface area (Å²) in [5.74, 6) is -0.715. The first kappa shape index (κ1) is 13.4. The van der Waals surface area contributed by atoms with Crippen molar-refractivity contribution in [2.75, 3.05) is 0 Å². The molecule has 3 nitrogen and oxygen atoms in total. The SMILES string of the molecule is CC(CC(=O)O)NC1CCCC1.[Na]. The predicted octanol–water partition coefficient (Wildman–Crippen LogP) is 1.00. The number of hydrogen-bond donors (Lipinski definition) is 2. The topological polar surface area (TPSA) is 49.3 Å². The average molecular weight is 194 g/mol. The summed E-state index contributed by atoms with van der Waals surface area (Å²) in [6.45, 7) is 1.94. The molecule has 1 atom stereocenters. The van der Waals surface area contributed by atoms with Gasteiger partial charge in [-0.1, -0.05) is 12.8 Å². The van der Waals surface area contributed by atoms with Crippen LogP contribution in [0.4, 0.5) is 0 Å². The third-order valence-electron chi connectivity index (χ3n) is 2.36. The molecule has 4 heteroatoms. The second-order valence-corrected chi connectivity index (χ2v) is 3.65. The molecule has 1 unspecified atom stereocenters. The molecule has 13 heavy (non-hydrogen) atoms. The Morgan fingerprint density at radius 3 is 2.54 bits per heavy atom. The fourth-order valence-corrected chi connectivity index (χ4v) is 1.82. The van der Waals surface area contributed by atoms with Gasteiger partial charge in [-0.25, -0.2) is 0 Å². The Bertz CT molecular complexity index is 158. The molecule has 0 aromatic heterocycles. The van der Waals surface area contributed by atoms with Crippen LogP contribution in [0.3, 0.4) is 0 Å². The normalized spacial score (nSPS) is 19.5. The van der Waals surface area contributed by atoms with E-state index in [2.05, 4.69) is 5.32 Å². The summed E-state index contributed by atoms with van der Waals surface area (Å²) in [6.07, 6.45) is 5.24. The van der Waals surface area contributed by atoms with Gasteiger partial charge in [0.1, 0.15) is 0 Å². The van der Waals surface area contributed by atoms with Crippen LogP contribution < -0.4 is 5.32 Å². The summed E-state index contributed by atoms with van der Waals surface area (Å²) in [6, 6.07) is 0.685. The van der Waals surface area contributed by atoms with Gasteiger partial charge in [0, 0.05) is 41.6 Å². The van der Waals surface area contributed by atoms with Gasteiger partial charge in [-0.15, -0.1) is 0 Å². The Kier molecular flexibility index (Phi) is 7.05. The van der Waals surface area contributed by atoms with Crippen LogP contribution >= 0.6 is 0 Å². The molecule has 71 valence electrons. The average Bonchev–Trinajstić information content (AvgIpc) is 2.37. The molecule has 1 saturated carbocycles. The fourth-order valence-electron chi connectivity index (χ4n) is 1.82. The molecule has 1 aliphatic carbocycles. The Morgan fingerprint density at radius 2 is 2.08 bits per heavy atom. The third kappa shape index (κ3) is 5.68. The van der Waals surface area contributed by atoms with Gasteiger partial charge >= 0.3 is 5.97 Å². The molecule has 0 bridgehead atoms. The molecular formula is C9H17NNaO2. The standard InChI is InChI=1S/C9H17NO2.Na/c1-7(6-9(11)12)10-8-4-2-3-5-8;/h7-8,10H,2-6H2,1H3,(H,11,12);. The Labute approximate surface area is 102 Å². The van der Waals surface area contributed by atoms with E-state index >= 15 is 0 Å². The van der Waals surface area contributed by atoms with E-state index in [0.29, 0.717) is 6.04 Å². The van der Waals surface area contributed by atoms with Crippen molar-refractivity contribution >= 4 is 35.5 Å². The van der Waals surface area contributed by atoms with Gasteiger partial charge in [-0.2, -0.15) is 0 Å². The first-order valence-electron chi connectivity index (χ1n) is 4.66. The second kappa shape index (κ2) is 6.82. The van der Waals surface area contributed by atoms with Gasteiger partial charge in [0.25, 0.3) is 0 Å². The molecule has 1 radical (unpaired) electrons. The van der Waals surface area contributed by atoms with Crippen molar-refractivity contribution in [3.8, 4) is 0 Å². The van der Waals surface area contributed by atoms with E-state index in [1.54, 1.807) is 0 Å². The van der Waals surface area contributed by atoms with E-state index in [1.807, 2.05) is 6.92 Å². The number of aliphatic carboxylic acids is 1. The van der Waals surface area contributed by atoms with Crippen molar-refractivity contribution in [1.29, 1.82) is 0 Å². The monoisotopic (exact) mass is 194 g/mol. The zero-order valence-corrected chi connectivity index (χ0v) is 10.5. The van der Waals surface area contributed by atoms with E-state index in [4.69, 9.17) is 5.11 Å². The number of rotatable bonds is 4. The van der Waals surface area contributed by atoms with E-state index in [0.717, 1.165) is 0 Å². The summed E-state index contributed by atoms with van der Waals surface area (Å²) in [5, 5.41) is 11.8.